The molecule has 1 aliphatic rings. The van der Waals surface area contributed by atoms with E-state index in [1.54, 1.807) is 0 Å². The molecule has 2 unspecified atom stereocenters. The lowest BCUT2D eigenvalue weighted by Gasteiger charge is -2.14. The molecule has 1 rings (SSSR count). The first-order valence-corrected chi connectivity index (χ1v) is 4.49. The fraction of sp³-hybridized carbons (Fsp3) is 1.00. The molecule has 3 nitrogen and oxygen atoms in total. The second-order valence-electron chi connectivity index (χ2n) is 3.52. The lowest BCUT2D eigenvalue weighted by atomic mass is 10.2. The molecule has 0 aliphatic carbocycles. The van der Waals surface area contributed by atoms with Gasteiger partial charge in [-0.05, 0) is 20.8 Å². The van der Waals surface area contributed by atoms with Crippen LogP contribution in [-0.2, 0) is 14.2 Å². The van der Waals surface area contributed by atoms with Crippen molar-refractivity contribution in [1.82, 2.24) is 0 Å². The van der Waals surface area contributed by atoms with Crippen LogP contribution in [0.25, 0.3) is 0 Å². The van der Waals surface area contributed by atoms with Gasteiger partial charge in [0.2, 0.25) is 0 Å². The van der Waals surface area contributed by atoms with Gasteiger partial charge in [0.15, 0.2) is 0 Å². The summed E-state index contributed by atoms with van der Waals surface area (Å²) in [4.78, 5) is 0. The van der Waals surface area contributed by atoms with Gasteiger partial charge in [-0.15, -0.1) is 0 Å². The standard InChI is InChI=1S/C9H18O3/c1-4-10-5-8(2)11-6-9(3)7-12-9/h8H,4-7H2,1-3H3. The molecule has 0 aromatic heterocycles. The predicted molar refractivity (Wildman–Crippen MR) is 46.3 cm³/mol. The van der Waals surface area contributed by atoms with Crippen LogP contribution in [0.15, 0.2) is 0 Å². The minimum atomic E-state index is 0.000471. The third-order valence-electron chi connectivity index (χ3n) is 1.87. The summed E-state index contributed by atoms with van der Waals surface area (Å²) in [6.45, 7) is 8.99. The molecule has 1 saturated heterocycles. The normalized spacial score (nSPS) is 30.2. The van der Waals surface area contributed by atoms with Crippen molar-refractivity contribution in [2.75, 3.05) is 26.4 Å². The second kappa shape index (κ2) is 4.21. The first kappa shape index (κ1) is 9.96. The Hall–Kier alpha value is -0.120. The number of epoxide rings is 1. The van der Waals surface area contributed by atoms with Crippen molar-refractivity contribution in [1.29, 1.82) is 0 Å². The van der Waals surface area contributed by atoms with Crippen LogP contribution in [0.1, 0.15) is 20.8 Å². The van der Waals surface area contributed by atoms with Crippen molar-refractivity contribution in [3.63, 3.8) is 0 Å². The Balaban J connectivity index is 1.98. The molecule has 0 saturated carbocycles. The van der Waals surface area contributed by atoms with E-state index < -0.39 is 0 Å². The van der Waals surface area contributed by atoms with E-state index in [-0.39, 0.29) is 11.7 Å². The van der Waals surface area contributed by atoms with E-state index in [1.165, 1.54) is 0 Å². The summed E-state index contributed by atoms with van der Waals surface area (Å²) < 4.78 is 15.9. The van der Waals surface area contributed by atoms with Gasteiger partial charge >= 0.3 is 0 Å². The Labute approximate surface area is 74.0 Å². The van der Waals surface area contributed by atoms with Crippen molar-refractivity contribution < 1.29 is 14.2 Å². The highest BCUT2D eigenvalue weighted by Gasteiger charge is 2.39. The monoisotopic (exact) mass is 174 g/mol. The molecular formula is C9H18O3. The zero-order valence-corrected chi connectivity index (χ0v) is 8.13. The van der Waals surface area contributed by atoms with Crippen LogP contribution < -0.4 is 0 Å². The summed E-state index contributed by atoms with van der Waals surface area (Å²) in [7, 11) is 0. The van der Waals surface area contributed by atoms with E-state index in [0.29, 0.717) is 13.2 Å². The van der Waals surface area contributed by atoms with Crippen molar-refractivity contribution in [3.05, 3.63) is 0 Å². The van der Waals surface area contributed by atoms with Crippen LogP contribution in [0, 0.1) is 0 Å². The maximum atomic E-state index is 5.52. The second-order valence-corrected chi connectivity index (χ2v) is 3.52. The van der Waals surface area contributed by atoms with Gasteiger partial charge < -0.3 is 14.2 Å². The fourth-order valence-electron chi connectivity index (χ4n) is 0.857. The summed E-state index contributed by atoms with van der Waals surface area (Å²) in [5.41, 5.74) is 0.000471. The van der Waals surface area contributed by atoms with Gasteiger partial charge in [-0.3, -0.25) is 0 Å². The molecule has 0 bridgehead atoms. The van der Waals surface area contributed by atoms with Gasteiger partial charge in [0.1, 0.15) is 5.60 Å². The van der Waals surface area contributed by atoms with Crippen LogP contribution in [0.2, 0.25) is 0 Å². The maximum absolute atomic E-state index is 5.52. The fourth-order valence-corrected chi connectivity index (χ4v) is 0.857. The molecule has 0 radical (unpaired) electrons. The van der Waals surface area contributed by atoms with Crippen LogP contribution in [0.4, 0.5) is 0 Å². The first-order chi connectivity index (χ1) is 5.66. The molecule has 72 valence electrons. The molecule has 1 heterocycles. The van der Waals surface area contributed by atoms with E-state index in [1.807, 2.05) is 13.8 Å². The highest BCUT2D eigenvalue weighted by Crippen LogP contribution is 2.26. The first-order valence-electron chi connectivity index (χ1n) is 4.49. The van der Waals surface area contributed by atoms with Crippen LogP contribution in [0.5, 0.6) is 0 Å². The summed E-state index contributed by atoms with van der Waals surface area (Å²) in [6.07, 6.45) is 0.172. The van der Waals surface area contributed by atoms with Crippen LogP contribution >= 0.6 is 0 Å². The Bertz CT molecular complexity index is 132. The average molecular weight is 174 g/mol. The number of hydrogen-bond acceptors (Lipinski definition) is 3. The molecule has 12 heavy (non-hydrogen) atoms. The molecule has 0 aromatic rings. The molecule has 0 spiro atoms. The van der Waals surface area contributed by atoms with E-state index in [2.05, 4.69) is 6.92 Å². The van der Waals surface area contributed by atoms with Gasteiger partial charge in [-0.2, -0.15) is 0 Å². The molecule has 0 aromatic carbocycles. The summed E-state index contributed by atoms with van der Waals surface area (Å²) in [5, 5.41) is 0. The predicted octanol–water partition coefficient (Wildman–Crippen LogP) is 1.22. The molecule has 1 fully saturated rings. The zero-order chi connectivity index (χ0) is 9.03. The van der Waals surface area contributed by atoms with Gasteiger partial charge in [0, 0.05) is 6.61 Å². The molecule has 0 N–H and O–H groups in total. The minimum Gasteiger partial charge on any atom is -0.379 e. The Morgan fingerprint density at radius 3 is 2.75 bits per heavy atom. The van der Waals surface area contributed by atoms with E-state index in [0.717, 1.165) is 13.2 Å². The van der Waals surface area contributed by atoms with Crippen LogP contribution in [-0.4, -0.2) is 38.1 Å². The largest absolute Gasteiger partial charge is 0.379 e. The van der Waals surface area contributed by atoms with Crippen molar-refractivity contribution >= 4 is 0 Å². The van der Waals surface area contributed by atoms with Crippen molar-refractivity contribution in [3.8, 4) is 0 Å². The van der Waals surface area contributed by atoms with E-state index in [4.69, 9.17) is 14.2 Å². The lowest BCUT2D eigenvalue weighted by Crippen LogP contribution is -2.23. The third-order valence-corrected chi connectivity index (χ3v) is 1.87. The van der Waals surface area contributed by atoms with Crippen molar-refractivity contribution in [2.24, 2.45) is 0 Å². The Morgan fingerprint density at radius 2 is 2.25 bits per heavy atom. The smallest absolute Gasteiger partial charge is 0.112 e. The molecule has 1 aliphatic heterocycles. The quantitative estimate of drug-likeness (QED) is 0.567. The van der Waals surface area contributed by atoms with Gasteiger partial charge in [0.25, 0.3) is 0 Å². The summed E-state index contributed by atoms with van der Waals surface area (Å²) in [6, 6.07) is 0. The molecule has 0 amide bonds. The number of ether oxygens (including phenoxy) is 3. The van der Waals surface area contributed by atoms with E-state index >= 15 is 0 Å². The number of rotatable bonds is 6. The highest BCUT2D eigenvalue weighted by atomic mass is 16.6. The van der Waals surface area contributed by atoms with Gasteiger partial charge in [0.05, 0.1) is 25.9 Å². The lowest BCUT2D eigenvalue weighted by molar-refractivity contribution is -0.0205. The zero-order valence-electron chi connectivity index (χ0n) is 8.13. The molecular weight excluding hydrogens is 156 g/mol. The molecule has 3 heteroatoms. The summed E-state index contributed by atoms with van der Waals surface area (Å²) >= 11 is 0. The van der Waals surface area contributed by atoms with E-state index in [9.17, 15) is 0 Å². The van der Waals surface area contributed by atoms with Crippen molar-refractivity contribution in [2.45, 2.75) is 32.5 Å². The maximum Gasteiger partial charge on any atom is 0.112 e. The van der Waals surface area contributed by atoms with Gasteiger partial charge in [-0.1, -0.05) is 0 Å². The number of hydrogen-bond donors (Lipinski definition) is 0. The SMILES string of the molecule is CCOCC(C)OCC1(C)CO1. The van der Waals surface area contributed by atoms with Gasteiger partial charge in [-0.25, -0.2) is 0 Å². The Kier molecular flexibility index (Phi) is 3.50. The third kappa shape index (κ3) is 3.52. The average Bonchev–Trinajstić information content (AvgIpc) is 2.77. The Morgan fingerprint density at radius 1 is 1.58 bits per heavy atom. The summed E-state index contributed by atoms with van der Waals surface area (Å²) in [5.74, 6) is 0. The topological polar surface area (TPSA) is 31.0 Å². The molecule has 2 atom stereocenters. The minimum absolute atomic E-state index is 0.000471. The van der Waals surface area contributed by atoms with Crippen LogP contribution in [0.3, 0.4) is 0 Å². The highest BCUT2D eigenvalue weighted by molar-refractivity contribution is 4.86.